The fourth-order valence-electron chi connectivity index (χ4n) is 7.24. The number of pyridine rings is 1. The van der Waals surface area contributed by atoms with Crippen LogP contribution in [0.2, 0.25) is 0 Å². The Kier molecular flexibility index (Phi) is 12.7. The molecule has 2 aromatic carbocycles. The molecule has 8 rings (SSSR count). The molecule has 2 aliphatic rings. The fraction of sp³-hybridized carbons (Fsp3) is 0.543. The Labute approximate surface area is 338 Å². The summed E-state index contributed by atoms with van der Waals surface area (Å²) in [5.74, 6) is 2.32. The van der Waals surface area contributed by atoms with Gasteiger partial charge in [-0.3, -0.25) is 0 Å². The third kappa shape index (κ3) is 9.58. The van der Waals surface area contributed by atoms with Gasteiger partial charge in [-0.2, -0.15) is 0 Å². The second-order valence-electron chi connectivity index (χ2n) is 18.4. The summed E-state index contributed by atoms with van der Waals surface area (Å²) < 4.78 is 17.8. The third-order valence-corrected chi connectivity index (χ3v) is 10.3. The van der Waals surface area contributed by atoms with Crippen molar-refractivity contribution in [1.29, 1.82) is 0 Å². The van der Waals surface area contributed by atoms with E-state index in [2.05, 4.69) is 119 Å². The standard InChI is InChI=1S/C16H20N2O3.C15H21N3O.C14H20N2.CH4/c1-16(2,3)15-17-12-5-4-10(14(19)20)8-13(12)18(15)9-11-6-7-21-11;1-10-5-6-12-13(16-10)18(9-11-7-8-19-11)14(17-12)15(2,3)4;1-6-16-12-9-10(2)7-8-11(12)15-13(16)14(3,4)5;/h4-5,8,11H,6-7,9H2,1-3H3,(H,19,20);5-6,11H,7-9H2,1-4H3;7-9H,6H2,1-5H3;1H4/t2*11-;;/m00../s1. The number of carboxylic acid groups (broad SMARTS) is 1. The molecule has 57 heavy (non-hydrogen) atoms. The van der Waals surface area contributed by atoms with Crippen LogP contribution in [0.25, 0.3) is 33.2 Å². The largest absolute Gasteiger partial charge is 0.478 e. The quantitative estimate of drug-likeness (QED) is 0.177. The minimum Gasteiger partial charge on any atom is -0.478 e. The van der Waals surface area contributed by atoms with Crippen LogP contribution in [0.4, 0.5) is 0 Å². The normalized spacial score (nSPS) is 16.9. The number of carbonyl (C=O) groups is 1. The molecule has 6 heterocycles. The molecule has 11 nitrogen and oxygen atoms in total. The lowest BCUT2D eigenvalue weighted by atomic mass is 9.95. The molecular formula is C46H65N7O4. The molecule has 4 aromatic heterocycles. The van der Waals surface area contributed by atoms with Gasteiger partial charge in [0.2, 0.25) is 0 Å². The first-order valence-electron chi connectivity index (χ1n) is 20.0. The monoisotopic (exact) mass is 780 g/mol. The van der Waals surface area contributed by atoms with Crippen LogP contribution >= 0.6 is 0 Å². The highest BCUT2D eigenvalue weighted by Crippen LogP contribution is 2.31. The first kappa shape index (κ1) is 43.5. The van der Waals surface area contributed by atoms with Gasteiger partial charge in [0.25, 0.3) is 0 Å². The summed E-state index contributed by atoms with van der Waals surface area (Å²) >= 11 is 0. The highest BCUT2D eigenvalue weighted by molar-refractivity contribution is 5.92. The third-order valence-electron chi connectivity index (χ3n) is 10.3. The number of nitrogens with zero attached hydrogens (tertiary/aromatic N) is 7. The van der Waals surface area contributed by atoms with Crippen molar-refractivity contribution < 1.29 is 19.4 Å². The van der Waals surface area contributed by atoms with Crippen molar-refractivity contribution in [3.05, 3.63) is 82.8 Å². The zero-order chi connectivity index (χ0) is 40.7. The van der Waals surface area contributed by atoms with Gasteiger partial charge >= 0.3 is 5.97 Å². The summed E-state index contributed by atoms with van der Waals surface area (Å²) in [7, 11) is 0. The van der Waals surface area contributed by atoms with Gasteiger partial charge in [-0.15, -0.1) is 0 Å². The molecule has 0 radical (unpaired) electrons. The number of imidazole rings is 3. The van der Waals surface area contributed by atoms with Crippen molar-refractivity contribution in [3.8, 4) is 0 Å². The van der Waals surface area contributed by atoms with E-state index in [0.29, 0.717) is 11.7 Å². The van der Waals surface area contributed by atoms with Crippen LogP contribution in [-0.4, -0.2) is 70.1 Å². The van der Waals surface area contributed by atoms with E-state index >= 15 is 0 Å². The summed E-state index contributed by atoms with van der Waals surface area (Å²) in [6, 6.07) is 15.6. The lowest BCUT2D eigenvalue weighted by Gasteiger charge is -2.29. The second kappa shape index (κ2) is 16.7. The predicted octanol–water partition coefficient (Wildman–Crippen LogP) is 9.95. The van der Waals surface area contributed by atoms with Crippen molar-refractivity contribution in [1.82, 2.24) is 33.6 Å². The summed E-state index contributed by atoms with van der Waals surface area (Å²) in [6.45, 7) is 30.2. The van der Waals surface area contributed by atoms with Crippen LogP contribution < -0.4 is 0 Å². The number of benzene rings is 2. The van der Waals surface area contributed by atoms with Gasteiger partial charge in [0, 0.05) is 41.7 Å². The van der Waals surface area contributed by atoms with Crippen LogP contribution in [-0.2, 0) is 45.4 Å². The Morgan fingerprint density at radius 3 is 1.61 bits per heavy atom. The van der Waals surface area contributed by atoms with Gasteiger partial charge < -0.3 is 28.3 Å². The van der Waals surface area contributed by atoms with Gasteiger partial charge in [0.05, 0.1) is 52.9 Å². The summed E-state index contributed by atoms with van der Waals surface area (Å²) in [4.78, 5) is 30.1. The minimum absolute atomic E-state index is 0. The van der Waals surface area contributed by atoms with Crippen LogP contribution in [0, 0.1) is 13.8 Å². The zero-order valence-corrected chi connectivity index (χ0v) is 35.5. The molecule has 2 saturated heterocycles. The summed E-state index contributed by atoms with van der Waals surface area (Å²) in [6.07, 6.45) is 2.70. The molecule has 6 aromatic rings. The molecule has 0 bridgehead atoms. The smallest absolute Gasteiger partial charge is 0.335 e. The Hall–Kier alpha value is -4.61. The number of fused-ring (bicyclic) bond motifs is 3. The van der Waals surface area contributed by atoms with Gasteiger partial charge in [-0.1, -0.05) is 75.8 Å². The lowest BCUT2D eigenvalue weighted by molar-refractivity contribution is -0.0594. The first-order chi connectivity index (χ1) is 26.2. The number of ether oxygens (including phenoxy) is 2. The minimum atomic E-state index is -0.915. The molecule has 0 saturated carbocycles. The average molecular weight is 780 g/mol. The molecule has 1 N–H and O–H groups in total. The molecule has 2 aliphatic heterocycles. The van der Waals surface area contributed by atoms with E-state index < -0.39 is 5.97 Å². The van der Waals surface area contributed by atoms with E-state index in [4.69, 9.17) is 24.4 Å². The second-order valence-corrected chi connectivity index (χ2v) is 18.4. The SMILES string of the molecule is C.CC(C)(C)c1nc2ccc(C(=O)O)cc2n1C[C@@H]1CCO1.CCn1c(C(C)(C)C)nc2ccc(C)cc21.Cc1ccc2nc(C(C)(C)C)n(C[C@@H]3CCO3)c2n1. The molecule has 0 spiro atoms. The molecule has 308 valence electrons. The average Bonchev–Trinajstić information content (AvgIpc) is 3.75. The summed E-state index contributed by atoms with van der Waals surface area (Å²) in [5, 5.41) is 9.19. The van der Waals surface area contributed by atoms with Gasteiger partial charge in [-0.05, 0) is 81.6 Å². The fourth-order valence-corrected chi connectivity index (χ4v) is 7.24. The highest BCUT2D eigenvalue weighted by atomic mass is 16.5. The van der Waals surface area contributed by atoms with Gasteiger partial charge in [-0.25, -0.2) is 24.7 Å². The van der Waals surface area contributed by atoms with E-state index in [1.807, 2.05) is 13.0 Å². The Morgan fingerprint density at radius 2 is 1.12 bits per heavy atom. The maximum Gasteiger partial charge on any atom is 0.335 e. The van der Waals surface area contributed by atoms with Crippen LogP contribution in [0.15, 0.2) is 48.5 Å². The topological polar surface area (TPSA) is 122 Å². The van der Waals surface area contributed by atoms with Crippen LogP contribution in [0.1, 0.15) is 129 Å². The van der Waals surface area contributed by atoms with E-state index in [1.165, 1.54) is 16.9 Å². The summed E-state index contributed by atoms with van der Waals surface area (Å²) in [5.41, 5.74) is 8.66. The Balaban J connectivity index is 0.000000163. The molecule has 0 amide bonds. The molecule has 0 aliphatic carbocycles. The lowest BCUT2D eigenvalue weighted by Crippen LogP contribution is -2.33. The number of rotatable bonds is 6. The molecule has 2 atom stereocenters. The van der Waals surface area contributed by atoms with Crippen LogP contribution in [0.3, 0.4) is 0 Å². The van der Waals surface area contributed by atoms with Crippen molar-refractivity contribution in [2.45, 2.75) is 151 Å². The number of carboxylic acids is 1. The molecule has 2 fully saturated rings. The number of aromatic carboxylic acids is 1. The predicted molar refractivity (Wildman–Crippen MR) is 231 cm³/mol. The maximum atomic E-state index is 11.2. The number of aromatic nitrogens is 7. The van der Waals surface area contributed by atoms with E-state index in [0.717, 1.165) is 90.7 Å². The molecule has 11 heteroatoms. The molecule has 0 unspecified atom stereocenters. The van der Waals surface area contributed by atoms with Crippen molar-refractivity contribution in [3.63, 3.8) is 0 Å². The number of hydrogen-bond donors (Lipinski definition) is 1. The number of hydrogen-bond acceptors (Lipinski definition) is 7. The van der Waals surface area contributed by atoms with E-state index in [-0.39, 0.29) is 29.8 Å². The van der Waals surface area contributed by atoms with E-state index in [9.17, 15) is 9.90 Å². The first-order valence-corrected chi connectivity index (χ1v) is 20.0. The Morgan fingerprint density at radius 1 is 0.667 bits per heavy atom. The highest BCUT2D eigenvalue weighted by Gasteiger charge is 2.29. The van der Waals surface area contributed by atoms with E-state index in [1.54, 1.807) is 18.2 Å². The van der Waals surface area contributed by atoms with Crippen molar-refractivity contribution in [2.24, 2.45) is 0 Å². The zero-order valence-electron chi connectivity index (χ0n) is 35.5. The van der Waals surface area contributed by atoms with Crippen molar-refractivity contribution >= 4 is 39.2 Å². The van der Waals surface area contributed by atoms with Crippen molar-refractivity contribution in [2.75, 3.05) is 13.2 Å². The Bertz CT molecular complexity index is 2340. The number of aryl methyl sites for hydroxylation is 3. The maximum absolute atomic E-state index is 11.2. The molecular weight excluding hydrogens is 715 g/mol. The van der Waals surface area contributed by atoms with Crippen LogP contribution in [0.5, 0.6) is 0 Å². The van der Waals surface area contributed by atoms with Gasteiger partial charge in [0.1, 0.15) is 23.0 Å². The van der Waals surface area contributed by atoms with Gasteiger partial charge in [0.15, 0.2) is 5.65 Å².